The third-order valence-electron chi connectivity index (χ3n) is 4.42. The van der Waals surface area contributed by atoms with Crippen LogP contribution < -0.4 is 5.32 Å². The van der Waals surface area contributed by atoms with E-state index < -0.39 is 0 Å². The molecule has 2 rings (SSSR count). The first-order chi connectivity index (χ1) is 9.61. The monoisotopic (exact) mass is 337 g/mol. The highest BCUT2D eigenvalue weighted by molar-refractivity contribution is 9.10. The average molecular weight is 338 g/mol. The largest absolute Gasteiger partial charge is 0.349 e. The summed E-state index contributed by atoms with van der Waals surface area (Å²) in [6, 6.07) is 6.20. The first-order valence-electron chi connectivity index (χ1n) is 7.69. The lowest BCUT2D eigenvalue weighted by atomic mass is 9.83. The molecule has 1 aliphatic rings. The summed E-state index contributed by atoms with van der Waals surface area (Å²) in [5, 5.41) is 3.26. The van der Waals surface area contributed by atoms with Gasteiger partial charge in [-0.1, -0.05) is 48.2 Å². The van der Waals surface area contributed by atoms with Crippen molar-refractivity contribution in [2.75, 3.05) is 0 Å². The molecule has 1 saturated carbocycles. The van der Waals surface area contributed by atoms with E-state index in [0.29, 0.717) is 12.0 Å². The molecule has 1 atom stereocenters. The minimum atomic E-state index is 0.0706. The van der Waals surface area contributed by atoms with Crippen molar-refractivity contribution in [2.24, 2.45) is 5.92 Å². The molecule has 0 aromatic heterocycles. The lowest BCUT2D eigenvalue weighted by Gasteiger charge is -2.30. The lowest BCUT2D eigenvalue weighted by Crippen LogP contribution is -2.40. The van der Waals surface area contributed by atoms with Crippen LogP contribution in [0.15, 0.2) is 22.7 Å². The number of benzene rings is 1. The lowest BCUT2D eigenvalue weighted by molar-refractivity contribution is 0.0910. The molecule has 0 saturated heterocycles. The first kappa shape index (κ1) is 15.6. The first-order valence-corrected chi connectivity index (χ1v) is 8.48. The summed E-state index contributed by atoms with van der Waals surface area (Å²) in [4.78, 5) is 12.5. The third kappa shape index (κ3) is 3.85. The number of halogens is 1. The van der Waals surface area contributed by atoms with Crippen molar-refractivity contribution in [1.82, 2.24) is 5.32 Å². The molecule has 0 bridgehead atoms. The molecule has 1 amide bonds. The Bertz CT molecular complexity index is 466. The number of carbonyl (C=O) groups excluding carboxylic acids is 1. The molecule has 1 aromatic rings. The van der Waals surface area contributed by atoms with Crippen LogP contribution in [-0.2, 0) is 0 Å². The second kappa shape index (κ2) is 7.26. The minimum Gasteiger partial charge on any atom is -0.349 e. The van der Waals surface area contributed by atoms with Crippen LogP contribution in [0.5, 0.6) is 0 Å². The Kier molecular flexibility index (Phi) is 5.64. The Morgan fingerprint density at radius 2 is 2.05 bits per heavy atom. The molecule has 1 fully saturated rings. The molecule has 1 aliphatic carbocycles. The van der Waals surface area contributed by atoms with Crippen molar-refractivity contribution in [1.29, 1.82) is 0 Å². The van der Waals surface area contributed by atoms with Crippen LogP contribution >= 0.6 is 15.9 Å². The summed E-state index contributed by atoms with van der Waals surface area (Å²) in [5.74, 6) is 0.728. The Morgan fingerprint density at radius 1 is 1.35 bits per heavy atom. The van der Waals surface area contributed by atoms with Crippen LogP contribution in [0.4, 0.5) is 0 Å². The van der Waals surface area contributed by atoms with Crippen LogP contribution in [-0.4, -0.2) is 11.9 Å². The van der Waals surface area contributed by atoms with E-state index in [9.17, 15) is 4.79 Å². The van der Waals surface area contributed by atoms with Gasteiger partial charge in [-0.2, -0.15) is 0 Å². The fraction of sp³-hybridized carbons (Fsp3) is 0.588. The SMILES string of the molecule is CCC(NC(=O)c1cc(Br)ccc1C)C1CCCCC1. The molecular weight excluding hydrogens is 314 g/mol. The van der Waals surface area contributed by atoms with Gasteiger partial charge in [0.15, 0.2) is 0 Å². The van der Waals surface area contributed by atoms with Gasteiger partial charge in [-0.05, 0) is 49.8 Å². The van der Waals surface area contributed by atoms with Gasteiger partial charge in [-0.3, -0.25) is 4.79 Å². The number of aryl methyl sites for hydroxylation is 1. The van der Waals surface area contributed by atoms with Crippen LogP contribution in [0, 0.1) is 12.8 Å². The van der Waals surface area contributed by atoms with Gasteiger partial charge in [-0.15, -0.1) is 0 Å². The van der Waals surface area contributed by atoms with E-state index in [1.807, 2.05) is 25.1 Å². The van der Waals surface area contributed by atoms with E-state index in [4.69, 9.17) is 0 Å². The topological polar surface area (TPSA) is 29.1 Å². The Hall–Kier alpha value is -0.830. The van der Waals surface area contributed by atoms with E-state index in [2.05, 4.69) is 28.2 Å². The molecule has 0 heterocycles. The molecule has 20 heavy (non-hydrogen) atoms. The number of rotatable bonds is 4. The van der Waals surface area contributed by atoms with Crippen molar-refractivity contribution in [3.63, 3.8) is 0 Å². The average Bonchev–Trinajstić information content (AvgIpc) is 2.48. The minimum absolute atomic E-state index is 0.0706. The number of amides is 1. The second-order valence-electron chi connectivity index (χ2n) is 5.85. The Morgan fingerprint density at radius 3 is 2.70 bits per heavy atom. The number of carbonyl (C=O) groups is 1. The molecule has 1 aromatic carbocycles. The van der Waals surface area contributed by atoms with Crippen molar-refractivity contribution in [2.45, 2.75) is 58.4 Å². The van der Waals surface area contributed by atoms with E-state index in [1.54, 1.807) is 0 Å². The molecule has 0 spiro atoms. The molecule has 110 valence electrons. The normalized spacial score (nSPS) is 17.8. The van der Waals surface area contributed by atoms with E-state index in [0.717, 1.165) is 22.0 Å². The van der Waals surface area contributed by atoms with E-state index in [-0.39, 0.29) is 5.91 Å². The van der Waals surface area contributed by atoms with Crippen LogP contribution in [0.25, 0.3) is 0 Å². The van der Waals surface area contributed by atoms with Gasteiger partial charge in [-0.25, -0.2) is 0 Å². The smallest absolute Gasteiger partial charge is 0.251 e. The highest BCUT2D eigenvalue weighted by Gasteiger charge is 2.24. The predicted molar refractivity (Wildman–Crippen MR) is 87.0 cm³/mol. The maximum absolute atomic E-state index is 12.5. The maximum Gasteiger partial charge on any atom is 0.251 e. The zero-order chi connectivity index (χ0) is 14.5. The van der Waals surface area contributed by atoms with Gasteiger partial charge in [0.05, 0.1) is 0 Å². The van der Waals surface area contributed by atoms with Crippen molar-refractivity contribution < 1.29 is 4.79 Å². The van der Waals surface area contributed by atoms with Crippen molar-refractivity contribution in [3.05, 3.63) is 33.8 Å². The molecule has 0 radical (unpaired) electrons. The summed E-state index contributed by atoms with van der Waals surface area (Å²) in [5.41, 5.74) is 1.82. The molecule has 3 heteroatoms. The van der Waals surface area contributed by atoms with Gasteiger partial charge in [0.2, 0.25) is 0 Å². The van der Waals surface area contributed by atoms with Crippen LogP contribution in [0.1, 0.15) is 61.4 Å². The van der Waals surface area contributed by atoms with Gasteiger partial charge in [0.25, 0.3) is 5.91 Å². The van der Waals surface area contributed by atoms with E-state index in [1.165, 1.54) is 32.1 Å². The molecule has 0 aliphatic heterocycles. The zero-order valence-electron chi connectivity index (χ0n) is 12.4. The molecule has 1 N–H and O–H groups in total. The maximum atomic E-state index is 12.5. The van der Waals surface area contributed by atoms with E-state index >= 15 is 0 Å². The van der Waals surface area contributed by atoms with Crippen LogP contribution in [0.2, 0.25) is 0 Å². The van der Waals surface area contributed by atoms with Gasteiger partial charge in [0.1, 0.15) is 0 Å². The quantitative estimate of drug-likeness (QED) is 0.836. The van der Waals surface area contributed by atoms with Gasteiger partial charge < -0.3 is 5.32 Å². The zero-order valence-corrected chi connectivity index (χ0v) is 14.0. The van der Waals surface area contributed by atoms with Crippen molar-refractivity contribution in [3.8, 4) is 0 Å². The summed E-state index contributed by atoms with van der Waals surface area (Å²) in [7, 11) is 0. The standard InChI is InChI=1S/C17H24BrNO/c1-3-16(13-7-5-4-6-8-13)19-17(20)15-11-14(18)10-9-12(15)2/h9-11,13,16H,3-8H2,1-2H3,(H,19,20). The summed E-state index contributed by atoms with van der Waals surface area (Å²) >= 11 is 3.44. The third-order valence-corrected chi connectivity index (χ3v) is 4.91. The fourth-order valence-electron chi connectivity index (χ4n) is 3.17. The number of hydrogen-bond acceptors (Lipinski definition) is 1. The number of hydrogen-bond donors (Lipinski definition) is 1. The fourth-order valence-corrected chi connectivity index (χ4v) is 3.54. The number of nitrogens with one attached hydrogen (secondary N) is 1. The van der Waals surface area contributed by atoms with Gasteiger partial charge in [0, 0.05) is 16.1 Å². The van der Waals surface area contributed by atoms with Crippen LogP contribution in [0.3, 0.4) is 0 Å². The van der Waals surface area contributed by atoms with Gasteiger partial charge >= 0.3 is 0 Å². The summed E-state index contributed by atoms with van der Waals surface area (Å²) in [6.45, 7) is 4.16. The highest BCUT2D eigenvalue weighted by atomic mass is 79.9. The summed E-state index contributed by atoms with van der Waals surface area (Å²) in [6.07, 6.45) is 7.52. The Balaban J connectivity index is 2.06. The molecule has 1 unspecified atom stereocenters. The Labute approximate surface area is 130 Å². The highest BCUT2D eigenvalue weighted by Crippen LogP contribution is 2.28. The predicted octanol–water partition coefficient (Wildman–Crippen LogP) is 4.85. The second-order valence-corrected chi connectivity index (χ2v) is 6.76. The summed E-state index contributed by atoms with van der Waals surface area (Å²) < 4.78 is 0.957. The van der Waals surface area contributed by atoms with Crippen molar-refractivity contribution >= 4 is 21.8 Å². The molecular formula is C17H24BrNO. The molecule has 2 nitrogen and oxygen atoms in total.